The van der Waals surface area contributed by atoms with Gasteiger partial charge in [-0.25, -0.2) is 23.4 Å². The van der Waals surface area contributed by atoms with Crippen LogP contribution in [0.5, 0.6) is 0 Å². The van der Waals surface area contributed by atoms with Crippen LogP contribution in [0.1, 0.15) is 28.6 Å². The summed E-state index contributed by atoms with van der Waals surface area (Å²) in [6.45, 7) is 0.223. The molecule has 1 aliphatic rings. The number of halogens is 2. The fourth-order valence-corrected chi connectivity index (χ4v) is 3.96. The molecule has 0 bridgehead atoms. The largest absolute Gasteiger partial charge is 0.467 e. The average Bonchev–Trinajstić information content (AvgIpc) is 3.29. The molecule has 1 aliphatic heterocycles. The van der Waals surface area contributed by atoms with Crippen molar-refractivity contribution in [2.75, 3.05) is 13.7 Å². The number of aromatic amines is 1. The fraction of sp³-hybridized carbons (Fsp3) is 0.261. The van der Waals surface area contributed by atoms with Crippen LogP contribution in [0.25, 0.3) is 0 Å². The summed E-state index contributed by atoms with van der Waals surface area (Å²) in [5, 5.41) is 2.70. The summed E-state index contributed by atoms with van der Waals surface area (Å²) in [6.07, 6.45) is 2.14. The van der Waals surface area contributed by atoms with Crippen LogP contribution in [0, 0.1) is 11.6 Å². The van der Waals surface area contributed by atoms with Crippen LogP contribution in [-0.2, 0) is 22.4 Å². The van der Waals surface area contributed by atoms with Crippen LogP contribution in [0.3, 0.4) is 0 Å². The molecule has 2 amide bonds. The van der Waals surface area contributed by atoms with Crippen LogP contribution < -0.4 is 5.32 Å². The minimum absolute atomic E-state index is 0.00845. The van der Waals surface area contributed by atoms with Gasteiger partial charge >= 0.3 is 12.0 Å². The number of carbonyl (C=O) groups excluding carboxylic acids is 2. The van der Waals surface area contributed by atoms with Gasteiger partial charge < -0.3 is 19.9 Å². The number of fused-ring (bicyclic) bond motifs is 1. The van der Waals surface area contributed by atoms with Gasteiger partial charge in [0.05, 0.1) is 19.1 Å². The summed E-state index contributed by atoms with van der Waals surface area (Å²) in [6, 6.07) is 10.5. The van der Waals surface area contributed by atoms with E-state index in [1.54, 1.807) is 0 Å². The third-order valence-corrected chi connectivity index (χ3v) is 5.53. The van der Waals surface area contributed by atoms with Crippen molar-refractivity contribution >= 4 is 12.0 Å². The smallest absolute Gasteiger partial charge is 0.328 e. The van der Waals surface area contributed by atoms with Crippen molar-refractivity contribution in [2.45, 2.75) is 24.9 Å². The lowest BCUT2D eigenvalue weighted by Crippen LogP contribution is -2.52. The molecule has 2 heterocycles. The quantitative estimate of drug-likeness (QED) is 0.597. The number of ether oxygens (including phenoxy) is 1. The lowest BCUT2D eigenvalue weighted by molar-refractivity contribution is -0.142. The van der Waals surface area contributed by atoms with Gasteiger partial charge in [0.2, 0.25) is 0 Å². The number of methoxy groups -OCH3 is 1. The van der Waals surface area contributed by atoms with Gasteiger partial charge in [0.1, 0.15) is 12.1 Å². The number of esters is 1. The Kier molecular flexibility index (Phi) is 6.16. The zero-order chi connectivity index (χ0) is 22.7. The molecule has 1 aromatic heterocycles. The Labute approximate surface area is 183 Å². The summed E-state index contributed by atoms with van der Waals surface area (Å²) >= 11 is 0. The summed E-state index contributed by atoms with van der Waals surface area (Å²) in [5.41, 5.74) is 2.01. The zero-order valence-corrected chi connectivity index (χ0v) is 17.3. The highest BCUT2D eigenvalue weighted by molar-refractivity contribution is 5.84. The monoisotopic (exact) mass is 440 g/mol. The van der Waals surface area contributed by atoms with Gasteiger partial charge in [-0.05, 0) is 11.6 Å². The lowest BCUT2D eigenvalue weighted by Gasteiger charge is -2.36. The molecule has 2 atom stereocenters. The number of urea groups is 1. The third-order valence-electron chi connectivity index (χ3n) is 5.53. The van der Waals surface area contributed by atoms with E-state index in [1.165, 1.54) is 30.5 Å². The molecular formula is C23H22F2N4O3. The molecule has 0 radical (unpaired) electrons. The van der Waals surface area contributed by atoms with Crippen LogP contribution >= 0.6 is 0 Å². The minimum atomic E-state index is -1.04. The predicted molar refractivity (Wildman–Crippen MR) is 112 cm³/mol. The highest BCUT2D eigenvalue weighted by atomic mass is 19.2. The third kappa shape index (κ3) is 4.18. The Morgan fingerprint density at radius 1 is 1.22 bits per heavy atom. The van der Waals surface area contributed by atoms with E-state index >= 15 is 0 Å². The highest BCUT2D eigenvalue weighted by Gasteiger charge is 2.37. The molecule has 2 aromatic carbocycles. The number of benzene rings is 2. The first-order valence-electron chi connectivity index (χ1n) is 10.1. The summed E-state index contributed by atoms with van der Waals surface area (Å²) < 4.78 is 33.6. The van der Waals surface area contributed by atoms with Gasteiger partial charge in [-0.3, -0.25) is 0 Å². The van der Waals surface area contributed by atoms with Crippen molar-refractivity contribution in [3.8, 4) is 0 Å². The van der Waals surface area contributed by atoms with E-state index in [-0.39, 0.29) is 18.5 Å². The number of imidazole rings is 1. The molecule has 0 fully saturated rings. The number of nitrogens with zero attached hydrogens (tertiary/aromatic N) is 2. The van der Waals surface area contributed by atoms with Crippen molar-refractivity contribution in [3.63, 3.8) is 0 Å². The number of carbonyl (C=O) groups is 2. The maximum atomic E-state index is 14.7. The van der Waals surface area contributed by atoms with E-state index in [0.717, 1.165) is 17.3 Å². The Balaban J connectivity index is 1.64. The second kappa shape index (κ2) is 9.17. The second-order valence-corrected chi connectivity index (χ2v) is 7.47. The molecule has 9 heteroatoms. The molecule has 0 spiro atoms. The van der Waals surface area contributed by atoms with Gasteiger partial charge in [-0.1, -0.05) is 42.5 Å². The van der Waals surface area contributed by atoms with Crippen LogP contribution in [-0.4, -0.2) is 46.6 Å². The number of amides is 2. The second-order valence-electron chi connectivity index (χ2n) is 7.47. The van der Waals surface area contributed by atoms with Gasteiger partial charge in [0.15, 0.2) is 11.6 Å². The summed E-state index contributed by atoms with van der Waals surface area (Å²) in [5.74, 6) is -2.66. The normalized spacial score (nSPS) is 16.2. The van der Waals surface area contributed by atoms with Crippen LogP contribution in [0.4, 0.5) is 13.6 Å². The first-order chi connectivity index (χ1) is 15.5. The van der Waals surface area contributed by atoms with E-state index in [0.29, 0.717) is 12.1 Å². The molecule has 0 aliphatic carbocycles. The van der Waals surface area contributed by atoms with Crippen molar-refractivity contribution < 1.29 is 23.1 Å². The first kappa shape index (κ1) is 21.5. The van der Waals surface area contributed by atoms with Crippen LogP contribution in [0.2, 0.25) is 0 Å². The zero-order valence-electron chi connectivity index (χ0n) is 17.3. The average molecular weight is 440 g/mol. The SMILES string of the molecule is COC(=O)C(Cc1ccccc1)NC(=O)N1CCc2[nH]cnc2C1c1cccc(F)c1F. The van der Waals surface area contributed by atoms with Gasteiger partial charge in [0.25, 0.3) is 0 Å². The molecule has 4 rings (SSSR count). The molecule has 32 heavy (non-hydrogen) atoms. The molecule has 2 N–H and O–H groups in total. The van der Waals surface area contributed by atoms with Crippen molar-refractivity contribution in [1.29, 1.82) is 0 Å². The van der Waals surface area contributed by atoms with Gasteiger partial charge in [-0.2, -0.15) is 0 Å². The van der Waals surface area contributed by atoms with Crippen molar-refractivity contribution in [1.82, 2.24) is 20.2 Å². The predicted octanol–water partition coefficient (Wildman–Crippen LogP) is 3.13. The molecule has 166 valence electrons. The van der Waals surface area contributed by atoms with E-state index in [4.69, 9.17) is 4.74 Å². The number of H-pyrrole nitrogens is 1. The Morgan fingerprint density at radius 2 is 2.00 bits per heavy atom. The van der Waals surface area contributed by atoms with E-state index in [1.807, 2.05) is 30.3 Å². The molecular weight excluding hydrogens is 418 g/mol. The Morgan fingerprint density at radius 3 is 2.75 bits per heavy atom. The van der Waals surface area contributed by atoms with Crippen molar-refractivity contribution in [2.24, 2.45) is 0 Å². The number of hydrogen-bond donors (Lipinski definition) is 2. The summed E-state index contributed by atoms with van der Waals surface area (Å²) in [7, 11) is 1.24. The topological polar surface area (TPSA) is 87.3 Å². The molecule has 7 nitrogen and oxygen atoms in total. The Hall–Kier alpha value is -3.75. The maximum Gasteiger partial charge on any atom is 0.328 e. The van der Waals surface area contributed by atoms with E-state index in [2.05, 4.69) is 15.3 Å². The maximum absolute atomic E-state index is 14.7. The van der Waals surface area contributed by atoms with E-state index < -0.39 is 35.7 Å². The molecule has 0 saturated heterocycles. The lowest BCUT2D eigenvalue weighted by atomic mass is 9.95. The molecule has 3 aromatic rings. The number of nitrogens with one attached hydrogen (secondary N) is 2. The molecule has 2 unspecified atom stereocenters. The summed E-state index contributed by atoms with van der Waals surface area (Å²) in [4.78, 5) is 34.3. The number of hydrogen-bond acceptors (Lipinski definition) is 4. The highest BCUT2D eigenvalue weighted by Crippen LogP contribution is 2.35. The van der Waals surface area contributed by atoms with Gasteiger partial charge in [0, 0.05) is 30.6 Å². The standard InChI is InChI=1S/C23H22F2N4O3/c1-32-22(30)18(12-14-6-3-2-4-7-14)28-23(31)29-11-10-17-20(27-13-26-17)21(29)15-8-5-9-16(24)19(15)25/h2-9,13,18,21H,10-12H2,1H3,(H,26,27)(H,28,31). The fourth-order valence-electron chi connectivity index (χ4n) is 3.96. The molecule has 0 saturated carbocycles. The number of aromatic nitrogens is 2. The van der Waals surface area contributed by atoms with Crippen LogP contribution in [0.15, 0.2) is 54.9 Å². The minimum Gasteiger partial charge on any atom is -0.467 e. The van der Waals surface area contributed by atoms with Crippen molar-refractivity contribution in [3.05, 3.63) is 89.0 Å². The first-order valence-corrected chi connectivity index (χ1v) is 10.1. The Bertz CT molecular complexity index is 1120. The van der Waals surface area contributed by atoms with E-state index in [9.17, 15) is 18.4 Å². The van der Waals surface area contributed by atoms with Gasteiger partial charge in [-0.15, -0.1) is 0 Å². The number of rotatable bonds is 5.